The van der Waals surface area contributed by atoms with Crippen molar-refractivity contribution in [3.05, 3.63) is 0 Å². The van der Waals surface area contributed by atoms with E-state index in [0.29, 0.717) is 26.4 Å². The molecule has 0 fully saturated rings. The third-order valence-corrected chi connectivity index (χ3v) is 4.16. The Morgan fingerprint density at radius 2 is 1.08 bits per heavy atom. The Morgan fingerprint density at radius 1 is 0.680 bits per heavy atom. The first-order valence-electron chi connectivity index (χ1n) is 10.2. The van der Waals surface area contributed by atoms with Crippen LogP contribution in [0.2, 0.25) is 0 Å². The molecule has 0 aromatic carbocycles. The molecule has 0 unspecified atom stereocenters. The minimum Gasteiger partial charge on any atom is -0.328 e. The van der Waals surface area contributed by atoms with Gasteiger partial charge in [-0.05, 0) is 33.6 Å². The van der Waals surface area contributed by atoms with Gasteiger partial charge in [0.1, 0.15) is 0 Å². The van der Waals surface area contributed by atoms with E-state index in [1.807, 2.05) is 20.8 Å². The molecular formula is C20H39NO4. The van der Waals surface area contributed by atoms with Crippen molar-refractivity contribution in [2.45, 2.75) is 97.4 Å². The zero-order chi connectivity index (χ0) is 18.6. The molecular weight excluding hydrogens is 318 g/mol. The molecule has 5 heteroatoms. The Labute approximate surface area is 154 Å². The van der Waals surface area contributed by atoms with Gasteiger partial charge in [-0.3, -0.25) is 0 Å². The third-order valence-electron chi connectivity index (χ3n) is 4.16. The maximum atomic E-state index is 9.93. The fraction of sp³-hybridized carbons (Fsp3) is 0.950. The van der Waals surface area contributed by atoms with Crippen LogP contribution < -0.4 is 0 Å². The molecule has 0 amide bonds. The summed E-state index contributed by atoms with van der Waals surface area (Å²) in [7, 11) is 0. The Morgan fingerprint density at radius 3 is 1.48 bits per heavy atom. The number of hydrogen-bond acceptors (Lipinski definition) is 5. The summed E-state index contributed by atoms with van der Waals surface area (Å²) in [6.45, 7) is 8.35. The SMILES string of the molecule is CCOC(CCCCCCCCCCCCN=C=O)(OCC)OCC. The first kappa shape index (κ1) is 24.3. The number of hydrogen-bond donors (Lipinski definition) is 0. The molecule has 0 atom stereocenters. The van der Waals surface area contributed by atoms with Gasteiger partial charge in [-0.1, -0.05) is 51.4 Å². The van der Waals surface area contributed by atoms with Crippen LogP contribution in [0.25, 0.3) is 0 Å². The van der Waals surface area contributed by atoms with Crippen LogP contribution in [-0.4, -0.2) is 38.4 Å². The van der Waals surface area contributed by atoms with Crippen molar-refractivity contribution in [3.8, 4) is 0 Å². The van der Waals surface area contributed by atoms with Crippen LogP contribution in [0, 0.1) is 0 Å². The zero-order valence-corrected chi connectivity index (χ0v) is 16.7. The van der Waals surface area contributed by atoms with E-state index in [4.69, 9.17) is 14.2 Å². The normalized spacial score (nSPS) is 11.5. The van der Waals surface area contributed by atoms with Crippen LogP contribution >= 0.6 is 0 Å². The highest BCUT2D eigenvalue weighted by Gasteiger charge is 2.31. The molecule has 5 nitrogen and oxygen atoms in total. The van der Waals surface area contributed by atoms with Crippen LogP contribution in [0.5, 0.6) is 0 Å². The predicted molar refractivity (Wildman–Crippen MR) is 101 cm³/mol. The standard InChI is InChI=1S/C20H39NO4/c1-4-23-20(24-5-2,25-6-3)17-15-13-11-9-7-8-10-12-14-16-18-21-19-22/h4-18H2,1-3H3. The average Bonchev–Trinajstić information content (AvgIpc) is 2.60. The lowest BCUT2D eigenvalue weighted by Crippen LogP contribution is -2.39. The molecule has 0 aliphatic heterocycles. The second-order valence-corrected chi connectivity index (χ2v) is 6.24. The molecule has 0 aromatic heterocycles. The number of unbranched alkanes of at least 4 members (excludes halogenated alkanes) is 9. The van der Waals surface area contributed by atoms with Crippen LogP contribution in [0.15, 0.2) is 4.99 Å². The van der Waals surface area contributed by atoms with E-state index in [9.17, 15) is 4.79 Å². The quantitative estimate of drug-likeness (QED) is 0.135. The van der Waals surface area contributed by atoms with Crippen LogP contribution in [0.1, 0.15) is 91.4 Å². The van der Waals surface area contributed by atoms with Crippen molar-refractivity contribution < 1.29 is 19.0 Å². The molecule has 25 heavy (non-hydrogen) atoms. The summed E-state index contributed by atoms with van der Waals surface area (Å²) in [5.41, 5.74) is 0. The highest BCUT2D eigenvalue weighted by Crippen LogP contribution is 2.24. The van der Waals surface area contributed by atoms with Crippen LogP contribution in [0.3, 0.4) is 0 Å². The minimum atomic E-state index is -0.841. The van der Waals surface area contributed by atoms with E-state index in [1.54, 1.807) is 6.08 Å². The maximum absolute atomic E-state index is 9.93. The number of ether oxygens (including phenoxy) is 3. The van der Waals surface area contributed by atoms with Gasteiger partial charge < -0.3 is 14.2 Å². The molecule has 0 heterocycles. The third kappa shape index (κ3) is 14.1. The van der Waals surface area contributed by atoms with Gasteiger partial charge in [0.2, 0.25) is 6.08 Å². The van der Waals surface area contributed by atoms with Crippen molar-refractivity contribution >= 4 is 6.08 Å². The van der Waals surface area contributed by atoms with Crippen molar-refractivity contribution in [1.82, 2.24) is 0 Å². The molecule has 0 aliphatic rings. The fourth-order valence-electron chi connectivity index (χ4n) is 2.99. The molecule has 0 saturated carbocycles. The molecule has 0 rings (SSSR count). The molecule has 0 bridgehead atoms. The lowest BCUT2D eigenvalue weighted by atomic mass is 10.1. The van der Waals surface area contributed by atoms with Gasteiger partial charge in [-0.25, -0.2) is 9.79 Å². The summed E-state index contributed by atoms with van der Waals surface area (Å²) in [6, 6.07) is 0. The smallest absolute Gasteiger partial charge is 0.282 e. The van der Waals surface area contributed by atoms with E-state index >= 15 is 0 Å². The van der Waals surface area contributed by atoms with Gasteiger partial charge >= 0.3 is 0 Å². The lowest BCUT2D eigenvalue weighted by Gasteiger charge is -2.32. The number of rotatable bonds is 19. The van der Waals surface area contributed by atoms with Crippen LogP contribution in [0.4, 0.5) is 0 Å². The minimum absolute atomic E-state index is 0.599. The maximum Gasteiger partial charge on any atom is 0.282 e. The second kappa shape index (κ2) is 18.1. The lowest BCUT2D eigenvalue weighted by molar-refractivity contribution is -0.380. The molecule has 0 N–H and O–H groups in total. The van der Waals surface area contributed by atoms with E-state index < -0.39 is 5.97 Å². The first-order chi connectivity index (χ1) is 12.2. The number of isocyanates is 1. The molecule has 0 saturated heterocycles. The van der Waals surface area contributed by atoms with Crippen LogP contribution in [-0.2, 0) is 19.0 Å². The highest BCUT2D eigenvalue weighted by molar-refractivity contribution is 5.32. The summed E-state index contributed by atoms with van der Waals surface area (Å²) in [4.78, 5) is 13.5. The zero-order valence-electron chi connectivity index (χ0n) is 16.7. The first-order valence-corrected chi connectivity index (χ1v) is 10.2. The Balaban J connectivity index is 3.60. The van der Waals surface area contributed by atoms with Gasteiger partial charge in [0.25, 0.3) is 5.97 Å². The predicted octanol–water partition coefficient (Wildman–Crippen LogP) is 5.38. The monoisotopic (exact) mass is 357 g/mol. The highest BCUT2D eigenvalue weighted by atomic mass is 16.9. The van der Waals surface area contributed by atoms with Crippen molar-refractivity contribution in [2.75, 3.05) is 26.4 Å². The van der Waals surface area contributed by atoms with Gasteiger partial charge in [0.15, 0.2) is 0 Å². The van der Waals surface area contributed by atoms with Gasteiger partial charge in [-0.15, -0.1) is 0 Å². The largest absolute Gasteiger partial charge is 0.328 e. The molecule has 0 spiro atoms. The molecule has 0 radical (unpaired) electrons. The van der Waals surface area contributed by atoms with Gasteiger partial charge in [-0.2, -0.15) is 0 Å². The Kier molecular flexibility index (Phi) is 17.5. The van der Waals surface area contributed by atoms with Crippen molar-refractivity contribution in [1.29, 1.82) is 0 Å². The average molecular weight is 358 g/mol. The topological polar surface area (TPSA) is 57.1 Å². The van der Waals surface area contributed by atoms with Crippen molar-refractivity contribution in [2.24, 2.45) is 4.99 Å². The van der Waals surface area contributed by atoms with Gasteiger partial charge in [0.05, 0.1) is 6.54 Å². The van der Waals surface area contributed by atoms with E-state index in [-0.39, 0.29) is 0 Å². The summed E-state index contributed by atoms with van der Waals surface area (Å²) >= 11 is 0. The molecule has 0 aromatic rings. The Hall–Kier alpha value is -0.740. The summed E-state index contributed by atoms with van der Waals surface area (Å²) in [6.07, 6.45) is 14.5. The second-order valence-electron chi connectivity index (χ2n) is 6.24. The van der Waals surface area contributed by atoms with Gasteiger partial charge in [0, 0.05) is 26.2 Å². The van der Waals surface area contributed by atoms with E-state index in [2.05, 4.69) is 4.99 Å². The number of nitrogens with zero attached hydrogens (tertiary/aromatic N) is 1. The number of carbonyl (C=O) groups excluding carboxylic acids is 1. The van der Waals surface area contributed by atoms with Crippen molar-refractivity contribution in [3.63, 3.8) is 0 Å². The Bertz CT molecular complexity index is 313. The van der Waals surface area contributed by atoms with E-state index in [1.165, 1.54) is 51.4 Å². The summed E-state index contributed by atoms with van der Waals surface area (Å²) < 4.78 is 17.2. The number of aliphatic imine (C=N–C) groups is 1. The molecule has 0 aliphatic carbocycles. The van der Waals surface area contributed by atoms with E-state index in [0.717, 1.165) is 19.3 Å². The molecule has 148 valence electrons. The summed E-state index contributed by atoms with van der Waals surface area (Å²) in [5.74, 6) is -0.841. The fourth-order valence-corrected chi connectivity index (χ4v) is 2.99. The summed E-state index contributed by atoms with van der Waals surface area (Å²) in [5, 5.41) is 0.